The number of ketones is 1. The number of carbonyl (C=O) groups excluding carboxylic acids is 1. The van der Waals surface area contributed by atoms with E-state index in [0.717, 1.165) is 16.7 Å². The molecule has 4 heteroatoms. The van der Waals surface area contributed by atoms with Crippen molar-refractivity contribution >= 4 is 23.5 Å². The minimum atomic E-state index is -0.107. The molecular weight excluding hydrogens is 360 g/mol. The minimum Gasteiger partial charge on any atom is -0.489 e. The van der Waals surface area contributed by atoms with Crippen LogP contribution in [0, 0.1) is 6.92 Å². The Balaban J connectivity index is 1.58. The molecule has 1 aliphatic rings. The fourth-order valence-corrected chi connectivity index (χ4v) is 3.23. The molecule has 27 heavy (non-hydrogen) atoms. The lowest BCUT2D eigenvalue weighted by Gasteiger charge is -2.10. The van der Waals surface area contributed by atoms with Gasteiger partial charge in [-0.05, 0) is 36.3 Å². The molecule has 134 valence electrons. The first-order chi connectivity index (χ1) is 13.1. The highest BCUT2D eigenvalue weighted by atomic mass is 35.5. The number of fused-ring (bicyclic) bond motifs is 1. The Labute approximate surface area is 162 Å². The van der Waals surface area contributed by atoms with E-state index in [9.17, 15) is 4.79 Å². The van der Waals surface area contributed by atoms with Gasteiger partial charge in [0.15, 0.2) is 5.76 Å². The number of hydrogen-bond acceptors (Lipinski definition) is 3. The number of aryl methyl sites for hydroxylation is 1. The van der Waals surface area contributed by atoms with Crippen molar-refractivity contribution in [3.63, 3.8) is 0 Å². The summed E-state index contributed by atoms with van der Waals surface area (Å²) in [5, 5.41) is 0.662. The van der Waals surface area contributed by atoms with Gasteiger partial charge in [-0.2, -0.15) is 0 Å². The molecule has 0 unspecified atom stereocenters. The van der Waals surface area contributed by atoms with Crippen molar-refractivity contribution in [2.45, 2.75) is 13.5 Å². The third-order valence-electron chi connectivity index (χ3n) is 4.39. The average molecular weight is 377 g/mol. The van der Waals surface area contributed by atoms with Crippen LogP contribution in [0.25, 0.3) is 6.08 Å². The molecular formula is C23H17ClO3. The molecule has 0 atom stereocenters. The number of ether oxygens (including phenoxy) is 2. The third kappa shape index (κ3) is 3.60. The van der Waals surface area contributed by atoms with Crippen LogP contribution in [0.4, 0.5) is 0 Å². The lowest BCUT2D eigenvalue weighted by molar-refractivity contribution is 0.101. The second kappa shape index (κ2) is 7.29. The van der Waals surface area contributed by atoms with E-state index in [1.54, 1.807) is 12.1 Å². The summed E-state index contributed by atoms with van der Waals surface area (Å²) in [6, 6.07) is 20.8. The zero-order chi connectivity index (χ0) is 18.8. The fraction of sp³-hybridized carbons (Fsp3) is 0.0870. The van der Waals surface area contributed by atoms with Gasteiger partial charge in [0.05, 0.1) is 5.56 Å². The van der Waals surface area contributed by atoms with E-state index < -0.39 is 0 Å². The van der Waals surface area contributed by atoms with Crippen LogP contribution >= 0.6 is 11.6 Å². The Morgan fingerprint density at radius 3 is 2.56 bits per heavy atom. The number of allylic oxidation sites excluding steroid dienone is 1. The van der Waals surface area contributed by atoms with Gasteiger partial charge < -0.3 is 9.47 Å². The first-order valence-electron chi connectivity index (χ1n) is 8.62. The van der Waals surface area contributed by atoms with Crippen molar-refractivity contribution in [1.29, 1.82) is 0 Å². The zero-order valence-corrected chi connectivity index (χ0v) is 15.5. The summed E-state index contributed by atoms with van der Waals surface area (Å²) in [6.45, 7) is 2.23. The SMILES string of the molecule is Cc1cc(OCc2ccccc2Cl)cc2c1C(=O)/C(=C/c1ccccc1)O2. The standard InChI is InChI=1S/C23H17ClO3/c1-15-11-18(26-14-17-9-5-6-10-19(17)24)13-20-22(15)23(25)21(27-20)12-16-7-3-2-4-8-16/h2-13H,14H2,1H3/b21-12-. The van der Waals surface area contributed by atoms with Crippen LogP contribution in [-0.4, -0.2) is 5.78 Å². The summed E-state index contributed by atoms with van der Waals surface area (Å²) in [5.41, 5.74) is 3.23. The molecule has 0 amide bonds. The van der Waals surface area contributed by atoms with Crippen LogP contribution < -0.4 is 9.47 Å². The van der Waals surface area contributed by atoms with Crippen molar-refractivity contribution in [3.05, 3.63) is 99.8 Å². The monoisotopic (exact) mass is 376 g/mol. The predicted octanol–water partition coefficient (Wildman–Crippen LogP) is 5.84. The van der Waals surface area contributed by atoms with Crippen LogP contribution in [0.15, 0.2) is 72.5 Å². The van der Waals surface area contributed by atoms with Crippen molar-refractivity contribution in [2.24, 2.45) is 0 Å². The van der Waals surface area contributed by atoms with Crippen LogP contribution in [-0.2, 0) is 6.61 Å². The van der Waals surface area contributed by atoms with Gasteiger partial charge in [-0.15, -0.1) is 0 Å². The maximum atomic E-state index is 12.7. The van der Waals surface area contributed by atoms with Crippen molar-refractivity contribution < 1.29 is 14.3 Å². The van der Waals surface area contributed by atoms with Gasteiger partial charge in [0.1, 0.15) is 18.1 Å². The smallest absolute Gasteiger partial charge is 0.232 e. The van der Waals surface area contributed by atoms with E-state index in [0.29, 0.717) is 34.5 Å². The van der Waals surface area contributed by atoms with Crippen LogP contribution in [0.3, 0.4) is 0 Å². The molecule has 1 heterocycles. The first-order valence-corrected chi connectivity index (χ1v) is 9.00. The second-order valence-corrected chi connectivity index (χ2v) is 6.75. The van der Waals surface area contributed by atoms with E-state index in [1.165, 1.54) is 0 Å². The van der Waals surface area contributed by atoms with Gasteiger partial charge in [0, 0.05) is 16.7 Å². The summed E-state index contributed by atoms with van der Waals surface area (Å²) in [4.78, 5) is 12.7. The molecule has 3 aromatic carbocycles. The second-order valence-electron chi connectivity index (χ2n) is 6.34. The van der Waals surface area contributed by atoms with E-state index in [-0.39, 0.29) is 5.78 Å². The lowest BCUT2D eigenvalue weighted by atomic mass is 10.0. The number of rotatable bonds is 4. The Kier molecular flexibility index (Phi) is 4.69. The molecule has 0 bridgehead atoms. The summed E-state index contributed by atoms with van der Waals surface area (Å²) in [5.74, 6) is 1.38. The van der Waals surface area contributed by atoms with Crippen LogP contribution in [0.2, 0.25) is 5.02 Å². The number of halogens is 1. The topological polar surface area (TPSA) is 35.5 Å². The molecule has 0 radical (unpaired) electrons. The number of benzene rings is 3. The van der Waals surface area contributed by atoms with Gasteiger partial charge in [-0.3, -0.25) is 4.79 Å². The van der Waals surface area contributed by atoms with E-state index in [4.69, 9.17) is 21.1 Å². The Bertz CT molecular complexity index is 1040. The maximum Gasteiger partial charge on any atom is 0.232 e. The molecule has 0 fully saturated rings. The largest absolute Gasteiger partial charge is 0.489 e. The molecule has 3 nitrogen and oxygen atoms in total. The quantitative estimate of drug-likeness (QED) is 0.536. The number of carbonyl (C=O) groups is 1. The fourth-order valence-electron chi connectivity index (χ4n) is 3.04. The summed E-state index contributed by atoms with van der Waals surface area (Å²) >= 11 is 6.17. The van der Waals surface area contributed by atoms with Crippen LogP contribution in [0.5, 0.6) is 11.5 Å². The lowest BCUT2D eigenvalue weighted by Crippen LogP contribution is -2.00. The highest BCUT2D eigenvalue weighted by molar-refractivity contribution is 6.31. The molecule has 0 N–H and O–H groups in total. The molecule has 0 saturated carbocycles. The molecule has 0 saturated heterocycles. The van der Waals surface area contributed by atoms with Gasteiger partial charge in [-0.25, -0.2) is 0 Å². The highest BCUT2D eigenvalue weighted by Gasteiger charge is 2.30. The van der Waals surface area contributed by atoms with E-state index >= 15 is 0 Å². The summed E-state index contributed by atoms with van der Waals surface area (Å²) < 4.78 is 11.7. The van der Waals surface area contributed by atoms with E-state index in [2.05, 4.69) is 0 Å². The Morgan fingerprint density at radius 2 is 1.78 bits per heavy atom. The van der Waals surface area contributed by atoms with Gasteiger partial charge in [0.2, 0.25) is 5.78 Å². The first kappa shape index (κ1) is 17.4. The Morgan fingerprint density at radius 1 is 1.04 bits per heavy atom. The zero-order valence-electron chi connectivity index (χ0n) is 14.7. The minimum absolute atomic E-state index is 0.107. The summed E-state index contributed by atoms with van der Waals surface area (Å²) in [7, 11) is 0. The highest BCUT2D eigenvalue weighted by Crippen LogP contribution is 2.37. The molecule has 3 aromatic rings. The van der Waals surface area contributed by atoms with Gasteiger partial charge in [-0.1, -0.05) is 60.1 Å². The van der Waals surface area contributed by atoms with Crippen molar-refractivity contribution in [3.8, 4) is 11.5 Å². The van der Waals surface area contributed by atoms with Crippen molar-refractivity contribution in [2.75, 3.05) is 0 Å². The maximum absolute atomic E-state index is 12.7. The molecule has 1 aliphatic heterocycles. The molecule has 0 aliphatic carbocycles. The molecule has 0 spiro atoms. The summed E-state index contributed by atoms with van der Waals surface area (Å²) in [6.07, 6.45) is 1.76. The van der Waals surface area contributed by atoms with Crippen LogP contribution in [0.1, 0.15) is 27.0 Å². The Hall–Kier alpha value is -3.04. The molecule has 0 aromatic heterocycles. The van der Waals surface area contributed by atoms with E-state index in [1.807, 2.05) is 67.6 Å². The third-order valence-corrected chi connectivity index (χ3v) is 4.76. The van der Waals surface area contributed by atoms with Gasteiger partial charge in [0.25, 0.3) is 0 Å². The normalized spacial score (nSPS) is 14.1. The number of Topliss-reactive ketones (excluding diaryl/α,β-unsaturated/α-hetero) is 1. The van der Waals surface area contributed by atoms with Crippen molar-refractivity contribution in [1.82, 2.24) is 0 Å². The van der Waals surface area contributed by atoms with Gasteiger partial charge >= 0.3 is 0 Å². The number of hydrogen-bond donors (Lipinski definition) is 0. The predicted molar refractivity (Wildman–Crippen MR) is 106 cm³/mol. The average Bonchev–Trinajstić information content (AvgIpc) is 2.98. The molecule has 4 rings (SSSR count).